The molecule has 1 heteroatoms. The van der Waals surface area contributed by atoms with Crippen molar-refractivity contribution in [1.82, 2.24) is 0 Å². The number of hydrogen-bond donors (Lipinski definition) is 0. The Morgan fingerprint density at radius 3 is 2.25 bits per heavy atom. The molecule has 1 unspecified atom stereocenters. The lowest BCUT2D eigenvalue weighted by Crippen LogP contribution is -2.38. The average Bonchev–Trinajstić information content (AvgIpc) is 2.23. The third kappa shape index (κ3) is 3.48. The second kappa shape index (κ2) is 6.05. The Labute approximate surface area is 102 Å². The Morgan fingerprint density at radius 1 is 0.938 bits per heavy atom. The maximum Gasteiger partial charge on any atom is 0.0462 e. The van der Waals surface area contributed by atoms with Crippen molar-refractivity contribution in [3.05, 3.63) is 0 Å². The molecule has 0 radical (unpaired) electrons. The van der Waals surface area contributed by atoms with Crippen molar-refractivity contribution in [1.29, 1.82) is 0 Å². The summed E-state index contributed by atoms with van der Waals surface area (Å²) in [4.78, 5) is 0. The lowest BCUT2D eigenvalue weighted by Gasteiger charge is -2.48. The molecule has 1 nitrogen and oxygen atoms in total. The molecule has 1 rings (SSSR count). The van der Waals surface area contributed by atoms with Gasteiger partial charge in [-0.05, 0) is 36.5 Å². The van der Waals surface area contributed by atoms with Crippen LogP contribution in [-0.2, 0) is 4.74 Å². The Hall–Kier alpha value is -0.0400. The molecule has 1 aliphatic carbocycles. The van der Waals surface area contributed by atoms with E-state index >= 15 is 0 Å². The van der Waals surface area contributed by atoms with Gasteiger partial charge >= 0.3 is 0 Å². The van der Waals surface area contributed by atoms with Crippen LogP contribution in [0.4, 0.5) is 0 Å². The molecule has 0 heterocycles. The molecule has 1 atom stereocenters. The van der Waals surface area contributed by atoms with Crippen LogP contribution in [0.15, 0.2) is 0 Å². The molecule has 0 aromatic carbocycles. The Kier molecular flexibility index (Phi) is 5.30. The Bertz CT molecular complexity index is 198. The van der Waals surface area contributed by atoms with Crippen LogP contribution in [0.5, 0.6) is 0 Å². The van der Waals surface area contributed by atoms with Gasteiger partial charge in [-0.25, -0.2) is 0 Å². The highest BCUT2D eigenvalue weighted by Gasteiger charge is 2.41. The molecule has 0 amide bonds. The van der Waals surface area contributed by atoms with Crippen LogP contribution in [0.3, 0.4) is 0 Å². The molecule has 0 saturated heterocycles. The molecule has 0 spiro atoms. The highest BCUT2D eigenvalue weighted by molar-refractivity contribution is 4.92. The topological polar surface area (TPSA) is 9.23 Å². The SMILES string of the molecule is COCCCCCC1(C)CCCCC1(C)C. The minimum Gasteiger partial charge on any atom is -0.385 e. The second-order valence-electron chi connectivity index (χ2n) is 6.46. The molecule has 16 heavy (non-hydrogen) atoms. The first kappa shape index (κ1) is 14.0. The smallest absolute Gasteiger partial charge is 0.0462 e. The first-order chi connectivity index (χ1) is 7.52. The lowest BCUT2D eigenvalue weighted by atomic mass is 9.57. The monoisotopic (exact) mass is 226 g/mol. The molecule has 0 aromatic rings. The third-order valence-electron chi connectivity index (χ3n) is 4.99. The number of ether oxygens (including phenoxy) is 1. The van der Waals surface area contributed by atoms with Crippen molar-refractivity contribution < 1.29 is 4.74 Å². The van der Waals surface area contributed by atoms with Crippen LogP contribution < -0.4 is 0 Å². The van der Waals surface area contributed by atoms with Crippen LogP contribution in [0.25, 0.3) is 0 Å². The second-order valence-corrected chi connectivity index (χ2v) is 6.46. The lowest BCUT2D eigenvalue weighted by molar-refractivity contribution is 0.0221. The van der Waals surface area contributed by atoms with Crippen molar-refractivity contribution in [3.8, 4) is 0 Å². The van der Waals surface area contributed by atoms with E-state index in [0.29, 0.717) is 10.8 Å². The van der Waals surface area contributed by atoms with E-state index in [1.54, 1.807) is 7.11 Å². The fourth-order valence-electron chi connectivity index (χ4n) is 3.12. The minimum absolute atomic E-state index is 0.548. The molecule has 0 N–H and O–H groups in total. The van der Waals surface area contributed by atoms with Gasteiger partial charge in [-0.3, -0.25) is 0 Å². The van der Waals surface area contributed by atoms with E-state index in [1.165, 1.54) is 51.4 Å². The zero-order valence-corrected chi connectivity index (χ0v) is 11.8. The number of hydrogen-bond acceptors (Lipinski definition) is 1. The summed E-state index contributed by atoms with van der Waals surface area (Å²) in [5, 5.41) is 0. The summed E-state index contributed by atoms with van der Waals surface area (Å²) in [7, 11) is 1.80. The van der Waals surface area contributed by atoms with Gasteiger partial charge in [0.2, 0.25) is 0 Å². The molecule has 96 valence electrons. The molecule has 1 fully saturated rings. The van der Waals surface area contributed by atoms with Gasteiger partial charge < -0.3 is 4.74 Å². The normalized spacial score (nSPS) is 29.2. The summed E-state index contributed by atoms with van der Waals surface area (Å²) in [6, 6.07) is 0. The summed E-state index contributed by atoms with van der Waals surface area (Å²) in [5.41, 5.74) is 1.13. The summed E-state index contributed by atoms with van der Waals surface area (Å²) in [5.74, 6) is 0. The van der Waals surface area contributed by atoms with Gasteiger partial charge in [0, 0.05) is 13.7 Å². The maximum atomic E-state index is 5.10. The van der Waals surface area contributed by atoms with Crippen molar-refractivity contribution in [2.24, 2.45) is 10.8 Å². The van der Waals surface area contributed by atoms with Gasteiger partial charge in [0.1, 0.15) is 0 Å². The zero-order chi connectivity index (χ0) is 12.1. The molecular weight excluding hydrogens is 196 g/mol. The standard InChI is InChI=1S/C15H30O/c1-14(2)10-7-8-12-15(14,3)11-6-5-9-13-16-4/h5-13H2,1-4H3. The van der Waals surface area contributed by atoms with Crippen LogP contribution >= 0.6 is 0 Å². The van der Waals surface area contributed by atoms with Gasteiger partial charge in [0.25, 0.3) is 0 Å². The number of methoxy groups -OCH3 is 1. The molecule has 1 aliphatic rings. The van der Waals surface area contributed by atoms with Crippen LogP contribution in [0.1, 0.15) is 72.1 Å². The third-order valence-corrected chi connectivity index (χ3v) is 4.99. The van der Waals surface area contributed by atoms with Crippen molar-refractivity contribution in [2.45, 2.75) is 72.1 Å². The predicted molar refractivity (Wildman–Crippen MR) is 70.7 cm³/mol. The van der Waals surface area contributed by atoms with Crippen molar-refractivity contribution in [3.63, 3.8) is 0 Å². The Balaban J connectivity index is 2.32. The van der Waals surface area contributed by atoms with E-state index in [-0.39, 0.29) is 0 Å². The van der Waals surface area contributed by atoms with Crippen LogP contribution in [-0.4, -0.2) is 13.7 Å². The number of rotatable bonds is 6. The summed E-state index contributed by atoms with van der Waals surface area (Å²) in [6.45, 7) is 8.39. The van der Waals surface area contributed by atoms with E-state index in [2.05, 4.69) is 20.8 Å². The van der Waals surface area contributed by atoms with Crippen molar-refractivity contribution >= 4 is 0 Å². The van der Waals surface area contributed by atoms with E-state index < -0.39 is 0 Å². The molecule has 1 saturated carbocycles. The van der Waals surface area contributed by atoms with E-state index in [4.69, 9.17) is 4.74 Å². The first-order valence-corrected chi connectivity index (χ1v) is 7.01. The fourth-order valence-corrected chi connectivity index (χ4v) is 3.12. The van der Waals surface area contributed by atoms with Gasteiger partial charge in [0.05, 0.1) is 0 Å². The average molecular weight is 226 g/mol. The summed E-state index contributed by atoms with van der Waals surface area (Å²) in [6.07, 6.45) is 11.1. The molecule has 0 aliphatic heterocycles. The van der Waals surface area contributed by atoms with Crippen LogP contribution in [0, 0.1) is 10.8 Å². The first-order valence-electron chi connectivity index (χ1n) is 7.01. The van der Waals surface area contributed by atoms with Crippen molar-refractivity contribution in [2.75, 3.05) is 13.7 Å². The molecule has 0 aromatic heterocycles. The summed E-state index contributed by atoms with van der Waals surface area (Å²) < 4.78 is 5.10. The van der Waals surface area contributed by atoms with Crippen LogP contribution in [0.2, 0.25) is 0 Å². The zero-order valence-electron chi connectivity index (χ0n) is 11.8. The minimum atomic E-state index is 0.548. The maximum absolute atomic E-state index is 5.10. The highest BCUT2D eigenvalue weighted by Crippen LogP contribution is 2.52. The molecular formula is C15H30O. The fraction of sp³-hybridized carbons (Fsp3) is 1.00. The van der Waals surface area contributed by atoms with Gasteiger partial charge in [-0.1, -0.05) is 46.5 Å². The van der Waals surface area contributed by atoms with Gasteiger partial charge in [-0.2, -0.15) is 0 Å². The largest absolute Gasteiger partial charge is 0.385 e. The van der Waals surface area contributed by atoms with E-state index in [0.717, 1.165) is 6.61 Å². The number of unbranched alkanes of at least 4 members (excludes halogenated alkanes) is 2. The Morgan fingerprint density at radius 2 is 1.62 bits per heavy atom. The van der Waals surface area contributed by atoms with Gasteiger partial charge in [0.15, 0.2) is 0 Å². The highest BCUT2D eigenvalue weighted by atomic mass is 16.5. The quantitative estimate of drug-likeness (QED) is 0.591. The summed E-state index contributed by atoms with van der Waals surface area (Å²) >= 11 is 0. The van der Waals surface area contributed by atoms with E-state index in [1.807, 2.05) is 0 Å². The molecule has 0 bridgehead atoms. The van der Waals surface area contributed by atoms with Gasteiger partial charge in [-0.15, -0.1) is 0 Å². The van der Waals surface area contributed by atoms with E-state index in [9.17, 15) is 0 Å². The predicted octanol–water partition coefficient (Wildman–Crippen LogP) is 4.80.